The van der Waals surface area contributed by atoms with Gasteiger partial charge in [-0.2, -0.15) is 0 Å². The number of hydrogen-bond donors (Lipinski definition) is 0. The van der Waals surface area contributed by atoms with Gasteiger partial charge in [0.2, 0.25) is 5.91 Å². The Bertz CT molecular complexity index is 599. The van der Waals surface area contributed by atoms with Crippen LogP contribution in [0.2, 0.25) is 0 Å². The highest BCUT2D eigenvalue weighted by Gasteiger charge is 2.23. The molecule has 2 rings (SSSR count). The van der Waals surface area contributed by atoms with Gasteiger partial charge in [0.1, 0.15) is 5.75 Å². The first-order valence-corrected chi connectivity index (χ1v) is 9.76. The monoisotopic (exact) mass is 323 g/mol. The molecule has 122 valence electrons. The summed E-state index contributed by atoms with van der Waals surface area (Å²) in [5.74, 6) is -0.269. The molecule has 0 radical (unpaired) electrons. The molecule has 1 amide bonds. The highest BCUT2D eigenvalue weighted by atomic mass is 32.2. The normalized spacial score (nSPS) is 16.0. The summed E-state index contributed by atoms with van der Waals surface area (Å²) >= 11 is 0. The predicted octanol–water partition coefficient (Wildman–Crippen LogP) is 2.74. The van der Waals surface area contributed by atoms with Crippen LogP contribution in [0.3, 0.4) is 0 Å². The third kappa shape index (κ3) is 4.83. The summed E-state index contributed by atoms with van der Waals surface area (Å²) in [6, 6.07) is 7.61. The van der Waals surface area contributed by atoms with Crippen LogP contribution in [0.25, 0.3) is 0 Å². The van der Waals surface area contributed by atoms with E-state index in [1.807, 2.05) is 24.3 Å². The van der Waals surface area contributed by atoms with Gasteiger partial charge >= 0.3 is 0 Å². The molecular weight excluding hydrogens is 298 g/mol. The van der Waals surface area contributed by atoms with Crippen LogP contribution in [0.4, 0.5) is 0 Å². The highest BCUT2D eigenvalue weighted by Crippen LogP contribution is 2.17. The Morgan fingerprint density at radius 1 is 1.09 bits per heavy atom. The van der Waals surface area contributed by atoms with Crippen LogP contribution in [0, 0.1) is 0 Å². The summed E-state index contributed by atoms with van der Waals surface area (Å²) in [6.07, 6.45) is 3.07. The molecule has 0 spiro atoms. The van der Waals surface area contributed by atoms with Crippen LogP contribution in [0.5, 0.6) is 0 Å². The number of amides is 1. The molecule has 0 bridgehead atoms. The van der Waals surface area contributed by atoms with E-state index in [9.17, 15) is 13.2 Å². The Morgan fingerprint density at radius 3 is 2.23 bits per heavy atom. The van der Waals surface area contributed by atoms with E-state index in [-0.39, 0.29) is 17.4 Å². The van der Waals surface area contributed by atoms with Crippen molar-refractivity contribution in [3.63, 3.8) is 0 Å². The molecule has 1 saturated heterocycles. The standard InChI is InChI=1S/C17H25NO3S/c1-14(2)16-8-6-15(7-9-16)12-22(20,21)13-17(19)18-10-4-3-5-11-18/h6-9,14H,3-5,10-13H2,1-2H3. The second-order valence-electron chi connectivity index (χ2n) is 6.37. The summed E-state index contributed by atoms with van der Waals surface area (Å²) in [5, 5.41) is 0. The fourth-order valence-electron chi connectivity index (χ4n) is 2.73. The Morgan fingerprint density at radius 2 is 1.68 bits per heavy atom. The fourth-order valence-corrected chi connectivity index (χ4v) is 4.09. The second-order valence-corrected chi connectivity index (χ2v) is 8.43. The quantitative estimate of drug-likeness (QED) is 0.837. The van der Waals surface area contributed by atoms with Crippen molar-refractivity contribution in [3.8, 4) is 0 Å². The lowest BCUT2D eigenvalue weighted by atomic mass is 10.0. The summed E-state index contributed by atoms with van der Waals surface area (Å²) in [4.78, 5) is 13.8. The maximum absolute atomic E-state index is 12.2. The molecule has 0 aliphatic carbocycles. The van der Waals surface area contributed by atoms with Gasteiger partial charge in [-0.25, -0.2) is 8.42 Å². The van der Waals surface area contributed by atoms with Gasteiger partial charge in [0.15, 0.2) is 9.84 Å². The number of benzene rings is 1. The molecule has 0 aromatic heterocycles. The number of carbonyl (C=O) groups is 1. The first kappa shape index (κ1) is 17.0. The van der Waals surface area contributed by atoms with E-state index in [2.05, 4.69) is 13.8 Å². The zero-order valence-corrected chi connectivity index (χ0v) is 14.2. The van der Waals surface area contributed by atoms with Gasteiger partial charge in [0, 0.05) is 13.1 Å². The molecule has 0 N–H and O–H groups in total. The topological polar surface area (TPSA) is 54.5 Å². The van der Waals surface area contributed by atoms with Crippen LogP contribution < -0.4 is 0 Å². The van der Waals surface area contributed by atoms with E-state index in [1.165, 1.54) is 5.56 Å². The third-order valence-electron chi connectivity index (χ3n) is 4.09. The summed E-state index contributed by atoms with van der Waals surface area (Å²) in [6.45, 7) is 5.58. The highest BCUT2D eigenvalue weighted by molar-refractivity contribution is 7.91. The molecule has 1 aromatic carbocycles. The number of rotatable bonds is 5. The minimum Gasteiger partial charge on any atom is -0.342 e. The lowest BCUT2D eigenvalue weighted by Gasteiger charge is -2.26. The van der Waals surface area contributed by atoms with E-state index in [4.69, 9.17) is 0 Å². The molecule has 1 aromatic rings. The number of sulfone groups is 1. The lowest BCUT2D eigenvalue weighted by molar-refractivity contribution is -0.129. The SMILES string of the molecule is CC(C)c1ccc(CS(=O)(=O)CC(=O)N2CCCCC2)cc1. The fraction of sp³-hybridized carbons (Fsp3) is 0.588. The van der Waals surface area contributed by atoms with Crippen LogP contribution in [-0.2, 0) is 20.4 Å². The van der Waals surface area contributed by atoms with Gasteiger partial charge in [0.05, 0.1) is 5.75 Å². The van der Waals surface area contributed by atoms with Crippen molar-refractivity contribution in [1.29, 1.82) is 0 Å². The van der Waals surface area contributed by atoms with Gasteiger partial charge in [-0.05, 0) is 36.3 Å². The minimum atomic E-state index is -3.41. The summed E-state index contributed by atoms with van der Waals surface area (Å²) in [7, 11) is -3.41. The third-order valence-corrected chi connectivity index (χ3v) is 5.55. The molecule has 0 saturated carbocycles. The smallest absolute Gasteiger partial charge is 0.237 e. The van der Waals surface area contributed by atoms with Crippen molar-refractivity contribution in [2.75, 3.05) is 18.8 Å². The molecule has 1 heterocycles. The maximum atomic E-state index is 12.2. The Labute approximate surface area is 133 Å². The average Bonchev–Trinajstić information content (AvgIpc) is 2.47. The molecule has 22 heavy (non-hydrogen) atoms. The number of carbonyl (C=O) groups excluding carboxylic acids is 1. The predicted molar refractivity (Wildman–Crippen MR) is 88.5 cm³/mol. The van der Waals surface area contributed by atoms with E-state index >= 15 is 0 Å². The van der Waals surface area contributed by atoms with Gasteiger partial charge in [-0.15, -0.1) is 0 Å². The largest absolute Gasteiger partial charge is 0.342 e. The summed E-state index contributed by atoms with van der Waals surface area (Å²) < 4.78 is 24.4. The van der Waals surface area contributed by atoms with Gasteiger partial charge in [-0.1, -0.05) is 38.1 Å². The molecule has 5 heteroatoms. The number of piperidine rings is 1. The van der Waals surface area contributed by atoms with Crippen LogP contribution in [0.15, 0.2) is 24.3 Å². The van der Waals surface area contributed by atoms with Crippen molar-refractivity contribution < 1.29 is 13.2 Å². The summed E-state index contributed by atoms with van der Waals surface area (Å²) in [5.41, 5.74) is 1.93. The van der Waals surface area contributed by atoms with Crippen molar-refractivity contribution in [3.05, 3.63) is 35.4 Å². The number of nitrogens with zero attached hydrogens (tertiary/aromatic N) is 1. The Hall–Kier alpha value is -1.36. The number of likely N-dealkylation sites (tertiary alicyclic amines) is 1. The first-order chi connectivity index (χ1) is 10.4. The zero-order chi connectivity index (χ0) is 16.2. The number of hydrogen-bond acceptors (Lipinski definition) is 3. The molecule has 0 atom stereocenters. The van der Waals surface area contributed by atoms with E-state index in [0.29, 0.717) is 19.0 Å². The van der Waals surface area contributed by atoms with Crippen molar-refractivity contribution >= 4 is 15.7 Å². The second kappa shape index (κ2) is 7.27. The first-order valence-electron chi connectivity index (χ1n) is 7.94. The van der Waals surface area contributed by atoms with Crippen LogP contribution in [-0.4, -0.2) is 38.1 Å². The Balaban J connectivity index is 1.96. The van der Waals surface area contributed by atoms with Crippen molar-refractivity contribution in [2.45, 2.75) is 44.8 Å². The molecule has 0 unspecified atom stereocenters. The molecular formula is C17H25NO3S. The van der Waals surface area contributed by atoms with Gasteiger partial charge in [0.25, 0.3) is 0 Å². The average molecular weight is 323 g/mol. The molecule has 1 aliphatic heterocycles. The van der Waals surface area contributed by atoms with Crippen molar-refractivity contribution in [2.24, 2.45) is 0 Å². The van der Waals surface area contributed by atoms with E-state index < -0.39 is 9.84 Å². The zero-order valence-electron chi connectivity index (χ0n) is 13.4. The van der Waals surface area contributed by atoms with Gasteiger partial charge < -0.3 is 4.90 Å². The molecule has 1 fully saturated rings. The van der Waals surface area contributed by atoms with Crippen molar-refractivity contribution in [1.82, 2.24) is 4.90 Å². The molecule has 4 nitrogen and oxygen atoms in total. The van der Waals surface area contributed by atoms with E-state index in [1.54, 1.807) is 4.90 Å². The van der Waals surface area contributed by atoms with Gasteiger partial charge in [-0.3, -0.25) is 4.79 Å². The van der Waals surface area contributed by atoms with Crippen LogP contribution >= 0.6 is 0 Å². The Kier molecular flexibility index (Phi) is 5.62. The lowest BCUT2D eigenvalue weighted by Crippen LogP contribution is -2.39. The molecule has 1 aliphatic rings. The minimum absolute atomic E-state index is 0.0645. The maximum Gasteiger partial charge on any atom is 0.237 e. The van der Waals surface area contributed by atoms with E-state index in [0.717, 1.165) is 24.8 Å². The van der Waals surface area contributed by atoms with Crippen LogP contribution in [0.1, 0.15) is 50.2 Å².